The zero-order valence-corrected chi connectivity index (χ0v) is 11.6. The number of fused-ring (bicyclic) bond motifs is 1. The summed E-state index contributed by atoms with van der Waals surface area (Å²) in [6.07, 6.45) is 0. The average molecular weight is 290 g/mol. The highest BCUT2D eigenvalue weighted by Gasteiger charge is 2.15. The summed E-state index contributed by atoms with van der Waals surface area (Å²) in [6.45, 7) is 0. The van der Waals surface area contributed by atoms with E-state index in [1.54, 1.807) is 0 Å². The molecule has 0 fully saturated rings. The van der Waals surface area contributed by atoms with Crippen molar-refractivity contribution in [2.24, 2.45) is 0 Å². The topological polar surface area (TPSA) is 44.1 Å². The number of hydrogen-bond donors (Lipinski definition) is 2. The zero-order valence-electron chi connectivity index (χ0n) is 9.96. The lowest BCUT2D eigenvalue weighted by Gasteiger charge is -2.01. The molecule has 2 nitrogen and oxygen atoms in total. The minimum absolute atomic E-state index is 0. The first-order valence-electron chi connectivity index (χ1n) is 5.62. The second-order valence-corrected chi connectivity index (χ2v) is 5.07. The highest BCUT2D eigenvalue weighted by Crippen LogP contribution is 2.37. The van der Waals surface area contributed by atoms with E-state index in [2.05, 4.69) is 0 Å². The van der Waals surface area contributed by atoms with Gasteiger partial charge in [0.05, 0.1) is 10.6 Å². The molecule has 0 radical (unpaired) electrons. The van der Waals surface area contributed by atoms with E-state index in [-0.39, 0.29) is 18.2 Å². The SMILES string of the molecule is Cl.N=C(c1ccccc1)c1sc2ccccc2c1O. The summed E-state index contributed by atoms with van der Waals surface area (Å²) in [4.78, 5) is 0.627. The molecule has 0 aliphatic heterocycles. The van der Waals surface area contributed by atoms with Gasteiger partial charge in [0.15, 0.2) is 0 Å². The van der Waals surface area contributed by atoms with E-state index in [1.165, 1.54) is 11.3 Å². The summed E-state index contributed by atoms with van der Waals surface area (Å²) in [5, 5.41) is 19.2. The molecule has 0 saturated carbocycles. The Hall–Kier alpha value is -1.84. The average Bonchev–Trinajstić information content (AvgIpc) is 2.77. The lowest BCUT2D eigenvalue weighted by Crippen LogP contribution is -1.97. The zero-order chi connectivity index (χ0) is 12.5. The van der Waals surface area contributed by atoms with Gasteiger partial charge in [-0.05, 0) is 12.1 Å². The van der Waals surface area contributed by atoms with Gasteiger partial charge in [0.25, 0.3) is 0 Å². The van der Waals surface area contributed by atoms with Crippen LogP contribution in [-0.2, 0) is 0 Å². The van der Waals surface area contributed by atoms with Crippen molar-refractivity contribution in [3.63, 3.8) is 0 Å². The molecular formula is C15H12ClNOS. The Labute approximate surface area is 121 Å². The predicted octanol–water partition coefficient (Wildman–Crippen LogP) is 4.44. The monoisotopic (exact) mass is 289 g/mol. The van der Waals surface area contributed by atoms with Crippen LogP contribution in [0.2, 0.25) is 0 Å². The molecule has 4 heteroatoms. The number of thiophene rings is 1. The van der Waals surface area contributed by atoms with Crippen molar-refractivity contribution in [2.45, 2.75) is 0 Å². The normalized spacial score (nSPS) is 10.1. The molecule has 0 saturated heterocycles. The van der Waals surface area contributed by atoms with Gasteiger partial charge in [0.1, 0.15) is 5.75 Å². The fourth-order valence-electron chi connectivity index (χ4n) is 1.94. The van der Waals surface area contributed by atoms with E-state index < -0.39 is 0 Å². The van der Waals surface area contributed by atoms with Crippen LogP contribution in [0.25, 0.3) is 10.1 Å². The van der Waals surface area contributed by atoms with Gasteiger partial charge in [-0.3, -0.25) is 5.41 Å². The smallest absolute Gasteiger partial charge is 0.143 e. The third-order valence-corrected chi connectivity index (χ3v) is 4.04. The first-order chi connectivity index (χ1) is 8.77. The molecular weight excluding hydrogens is 278 g/mol. The molecule has 0 amide bonds. The molecule has 2 aromatic carbocycles. The summed E-state index contributed by atoms with van der Waals surface area (Å²) in [7, 11) is 0. The Kier molecular flexibility index (Phi) is 3.88. The molecule has 0 atom stereocenters. The lowest BCUT2D eigenvalue weighted by atomic mass is 10.1. The van der Waals surface area contributed by atoms with Crippen molar-refractivity contribution in [1.82, 2.24) is 0 Å². The summed E-state index contributed by atoms with van der Waals surface area (Å²) in [5.74, 6) is 0.212. The van der Waals surface area contributed by atoms with Gasteiger partial charge in [-0.1, -0.05) is 42.5 Å². The second kappa shape index (κ2) is 5.43. The molecule has 3 rings (SSSR count). The van der Waals surface area contributed by atoms with Crippen LogP contribution in [0.3, 0.4) is 0 Å². The first kappa shape index (κ1) is 13.6. The lowest BCUT2D eigenvalue weighted by molar-refractivity contribution is 0.482. The van der Waals surface area contributed by atoms with Crippen LogP contribution in [0.4, 0.5) is 0 Å². The van der Waals surface area contributed by atoms with Gasteiger partial charge in [-0.2, -0.15) is 0 Å². The fourth-order valence-corrected chi connectivity index (χ4v) is 3.00. The van der Waals surface area contributed by atoms with Gasteiger partial charge in [-0.15, -0.1) is 23.7 Å². The summed E-state index contributed by atoms with van der Waals surface area (Å²) >= 11 is 1.45. The Morgan fingerprint density at radius 2 is 1.58 bits per heavy atom. The van der Waals surface area contributed by atoms with Crippen molar-refractivity contribution in [3.8, 4) is 5.75 Å². The van der Waals surface area contributed by atoms with Crippen LogP contribution in [0.1, 0.15) is 10.4 Å². The maximum Gasteiger partial charge on any atom is 0.143 e. The van der Waals surface area contributed by atoms with Gasteiger partial charge in [-0.25, -0.2) is 0 Å². The van der Waals surface area contributed by atoms with Crippen molar-refractivity contribution < 1.29 is 5.11 Å². The molecule has 3 aromatic rings. The van der Waals surface area contributed by atoms with Crippen molar-refractivity contribution >= 4 is 39.5 Å². The Balaban J connectivity index is 0.00000133. The standard InChI is InChI=1S/C15H11NOS.ClH/c16-13(10-6-2-1-3-7-10)15-14(17)11-8-4-5-9-12(11)18-15;/h1-9,16-17H;1H. The van der Waals surface area contributed by atoms with E-state index in [4.69, 9.17) is 5.41 Å². The molecule has 1 heterocycles. The van der Waals surface area contributed by atoms with E-state index in [1.807, 2.05) is 54.6 Å². The molecule has 0 bridgehead atoms. The summed E-state index contributed by atoms with van der Waals surface area (Å²) < 4.78 is 1.01. The molecule has 1 aromatic heterocycles. The van der Waals surface area contributed by atoms with Gasteiger partial charge < -0.3 is 5.11 Å². The summed E-state index contributed by atoms with van der Waals surface area (Å²) in [6, 6.07) is 17.1. The van der Waals surface area contributed by atoms with Gasteiger partial charge in [0, 0.05) is 15.6 Å². The van der Waals surface area contributed by atoms with Crippen molar-refractivity contribution in [3.05, 3.63) is 65.0 Å². The maximum absolute atomic E-state index is 10.2. The molecule has 0 aliphatic carbocycles. The van der Waals surface area contributed by atoms with Gasteiger partial charge in [0.2, 0.25) is 0 Å². The number of halogens is 1. The van der Waals surface area contributed by atoms with E-state index >= 15 is 0 Å². The third-order valence-electron chi connectivity index (χ3n) is 2.86. The Morgan fingerprint density at radius 3 is 2.26 bits per heavy atom. The van der Waals surface area contributed by atoms with Crippen LogP contribution < -0.4 is 0 Å². The number of hydrogen-bond acceptors (Lipinski definition) is 3. The number of aromatic hydroxyl groups is 1. The molecule has 0 unspecified atom stereocenters. The van der Waals surface area contributed by atoms with E-state index in [9.17, 15) is 5.11 Å². The third kappa shape index (κ3) is 2.35. The summed E-state index contributed by atoms with van der Waals surface area (Å²) in [5.41, 5.74) is 1.19. The van der Waals surface area contributed by atoms with Gasteiger partial charge >= 0.3 is 0 Å². The quantitative estimate of drug-likeness (QED) is 0.673. The highest BCUT2D eigenvalue weighted by atomic mass is 35.5. The molecule has 96 valence electrons. The molecule has 0 spiro atoms. The first-order valence-corrected chi connectivity index (χ1v) is 6.44. The maximum atomic E-state index is 10.2. The van der Waals surface area contributed by atoms with Crippen LogP contribution in [0.5, 0.6) is 5.75 Å². The highest BCUT2D eigenvalue weighted by molar-refractivity contribution is 7.21. The van der Waals surface area contributed by atoms with Crippen LogP contribution in [0, 0.1) is 5.41 Å². The Bertz CT molecular complexity index is 721. The largest absolute Gasteiger partial charge is 0.506 e. The minimum Gasteiger partial charge on any atom is -0.506 e. The molecule has 0 aliphatic rings. The van der Waals surface area contributed by atoms with Crippen molar-refractivity contribution in [1.29, 1.82) is 5.41 Å². The number of nitrogens with one attached hydrogen (secondary N) is 1. The van der Waals surface area contributed by atoms with Crippen molar-refractivity contribution in [2.75, 3.05) is 0 Å². The predicted molar refractivity (Wildman–Crippen MR) is 83.1 cm³/mol. The van der Waals surface area contributed by atoms with E-state index in [0.717, 1.165) is 15.6 Å². The van der Waals surface area contributed by atoms with Crippen LogP contribution in [0.15, 0.2) is 54.6 Å². The molecule has 2 N–H and O–H groups in total. The Morgan fingerprint density at radius 1 is 0.947 bits per heavy atom. The van der Waals surface area contributed by atoms with Crippen LogP contribution in [-0.4, -0.2) is 10.8 Å². The molecule has 19 heavy (non-hydrogen) atoms. The minimum atomic E-state index is 0. The van der Waals surface area contributed by atoms with E-state index in [0.29, 0.717) is 10.6 Å². The fraction of sp³-hybridized carbons (Fsp3) is 0. The second-order valence-electron chi connectivity index (χ2n) is 4.02. The number of rotatable bonds is 2. The van der Waals surface area contributed by atoms with Crippen LogP contribution >= 0.6 is 23.7 Å². The number of benzene rings is 2.